The van der Waals surface area contributed by atoms with E-state index < -0.39 is 0 Å². The molecule has 1 amide bonds. The molecule has 148 valence electrons. The zero-order valence-corrected chi connectivity index (χ0v) is 17.5. The predicted octanol–water partition coefficient (Wildman–Crippen LogP) is 4.46. The lowest BCUT2D eigenvalue weighted by Gasteiger charge is -2.25. The van der Waals surface area contributed by atoms with E-state index in [0.29, 0.717) is 22.3 Å². The van der Waals surface area contributed by atoms with E-state index in [4.69, 9.17) is 0 Å². The van der Waals surface area contributed by atoms with Gasteiger partial charge in [0.1, 0.15) is 5.82 Å². The molecule has 1 atom stereocenters. The van der Waals surface area contributed by atoms with Crippen LogP contribution in [0.2, 0.25) is 0 Å². The molecular formula is C23H23N3O2S. The molecule has 29 heavy (non-hydrogen) atoms. The average molecular weight is 406 g/mol. The molecule has 4 rings (SSSR count). The van der Waals surface area contributed by atoms with Crippen LogP contribution in [0, 0.1) is 20.8 Å². The highest BCUT2D eigenvalue weighted by molar-refractivity contribution is 7.98. The molecule has 0 saturated carbocycles. The first-order chi connectivity index (χ1) is 13.9. The van der Waals surface area contributed by atoms with Crippen LogP contribution in [0.5, 0.6) is 0 Å². The Labute approximate surface area is 174 Å². The van der Waals surface area contributed by atoms with Crippen LogP contribution in [-0.4, -0.2) is 15.9 Å². The number of hydrogen-bond acceptors (Lipinski definition) is 4. The molecule has 1 aliphatic rings. The fraction of sp³-hybridized carbons (Fsp3) is 0.261. The second-order valence-electron chi connectivity index (χ2n) is 7.51. The zero-order chi connectivity index (χ0) is 20.5. The van der Waals surface area contributed by atoms with Gasteiger partial charge in [0.2, 0.25) is 5.91 Å². The van der Waals surface area contributed by atoms with Crippen molar-refractivity contribution in [3.05, 3.63) is 86.2 Å². The average Bonchev–Trinajstić information content (AvgIpc) is 2.66. The third-order valence-electron chi connectivity index (χ3n) is 5.36. The molecule has 0 saturated heterocycles. The molecule has 2 heterocycles. The number of carbonyl (C=O) groups excluding carboxylic acids is 1. The number of aromatic nitrogens is 2. The van der Waals surface area contributed by atoms with E-state index in [1.807, 2.05) is 38.1 Å². The molecule has 0 bridgehead atoms. The maximum atomic E-state index is 13.0. The molecule has 6 heteroatoms. The van der Waals surface area contributed by atoms with Crippen molar-refractivity contribution in [3.8, 4) is 0 Å². The Bertz CT molecular complexity index is 1150. The number of rotatable bonds is 4. The third-order valence-corrected chi connectivity index (χ3v) is 6.28. The summed E-state index contributed by atoms with van der Waals surface area (Å²) in [5.74, 6) is 0.673. The fourth-order valence-corrected chi connectivity index (χ4v) is 4.76. The summed E-state index contributed by atoms with van der Waals surface area (Å²) in [6.07, 6.45) is 0.247. The first-order valence-corrected chi connectivity index (χ1v) is 10.6. The molecule has 2 aromatic carbocycles. The Morgan fingerprint density at radius 1 is 1.07 bits per heavy atom. The lowest BCUT2D eigenvalue weighted by molar-refractivity contribution is -0.116. The van der Waals surface area contributed by atoms with Gasteiger partial charge < -0.3 is 10.3 Å². The third kappa shape index (κ3) is 3.98. The number of benzene rings is 2. The Balaban J connectivity index is 1.69. The van der Waals surface area contributed by atoms with Crippen molar-refractivity contribution in [2.24, 2.45) is 0 Å². The van der Waals surface area contributed by atoms with E-state index in [9.17, 15) is 9.59 Å². The molecule has 0 unspecified atom stereocenters. The van der Waals surface area contributed by atoms with E-state index in [-0.39, 0.29) is 23.8 Å². The summed E-state index contributed by atoms with van der Waals surface area (Å²) in [6.45, 7) is 6.11. The first-order valence-electron chi connectivity index (χ1n) is 9.61. The van der Waals surface area contributed by atoms with Crippen molar-refractivity contribution in [2.75, 3.05) is 5.32 Å². The van der Waals surface area contributed by atoms with Gasteiger partial charge in [0.25, 0.3) is 5.56 Å². The van der Waals surface area contributed by atoms with Crippen molar-refractivity contribution in [1.82, 2.24) is 9.97 Å². The van der Waals surface area contributed by atoms with Crippen LogP contribution in [0.4, 0.5) is 5.82 Å². The zero-order valence-electron chi connectivity index (χ0n) is 16.7. The van der Waals surface area contributed by atoms with Gasteiger partial charge in [-0.05, 0) is 43.0 Å². The van der Waals surface area contributed by atoms with Crippen LogP contribution in [0.1, 0.15) is 45.7 Å². The summed E-state index contributed by atoms with van der Waals surface area (Å²) in [4.78, 5) is 32.8. The van der Waals surface area contributed by atoms with Gasteiger partial charge in [0, 0.05) is 18.1 Å². The summed E-state index contributed by atoms with van der Waals surface area (Å²) >= 11 is 1.46. The molecule has 0 spiro atoms. The molecule has 2 N–H and O–H groups in total. The van der Waals surface area contributed by atoms with Gasteiger partial charge in [-0.1, -0.05) is 59.8 Å². The van der Waals surface area contributed by atoms with Crippen molar-refractivity contribution in [2.45, 2.75) is 44.0 Å². The number of aromatic amines is 1. The molecule has 0 aliphatic carbocycles. The number of aryl methyl sites for hydroxylation is 3. The minimum atomic E-state index is -0.286. The standard InChI is InChI=1S/C23H23N3O2S/c1-13-8-9-17(15(3)10-13)18-11-19(27)24-21-20(18)22(28)26-23(25-21)29-12-16-7-5-4-6-14(16)2/h4-10,18H,11-12H2,1-3H3,(H2,24,25,26,27,28)/t18-/m1/s1. The number of anilines is 1. The number of nitrogens with one attached hydrogen (secondary N) is 2. The number of fused-ring (bicyclic) bond motifs is 1. The van der Waals surface area contributed by atoms with E-state index in [2.05, 4.69) is 40.4 Å². The second-order valence-corrected chi connectivity index (χ2v) is 8.48. The Kier molecular flexibility index (Phi) is 5.28. The SMILES string of the molecule is Cc1ccc([C@H]2CC(=O)Nc3nc(SCc4ccccc4C)[nH]c(=O)c32)c(C)c1. The lowest BCUT2D eigenvalue weighted by Crippen LogP contribution is -2.31. The van der Waals surface area contributed by atoms with Crippen molar-refractivity contribution in [1.29, 1.82) is 0 Å². The summed E-state index contributed by atoms with van der Waals surface area (Å²) in [7, 11) is 0. The van der Waals surface area contributed by atoms with Gasteiger partial charge in [-0.25, -0.2) is 4.98 Å². The molecule has 3 aromatic rings. The lowest BCUT2D eigenvalue weighted by atomic mass is 9.84. The largest absolute Gasteiger partial charge is 0.310 e. The van der Waals surface area contributed by atoms with E-state index in [1.54, 1.807) is 0 Å². The summed E-state index contributed by atoms with van der Waals surface area (Å²) in [6, 6.07) is 14.2. The summed E-state index contributed by atoms with van der Waals surface area (Å²) in [5.41, 5.74) is 5.97. The van der Waals surface area contributed by atoms with Crippen molar-refractivity contribution >= 4 is 23.5 Å². The normalized spacial score (nSPS) is 15.7. The monoisotopic (exact) mass is 405 g/mol. The Hall–Kier alpha value is -2.86. The topological polar surface area (TPSA) is 74.8 Å². The van der Waals surface area contributed by atoms with E-state index in [1.165, 1.54) is 22.9 Å². The number of H-pyrrole nitrogens is 1. The smallest absolute Gasteiger partial charge is 0.257 e. The Morgan fingerprint density at radius 2 is 1.86 bits per heavy atom. The van der Waals surface area contributed by atoms with Crippen LogP contribution >= 0.6 is 11.8 Å². The maximum Gasteiger partial charge on any atom is 0.257 e. The molecular weight excluding hydrogens is 382 g/mol. The highest BCUT2D eigenvalue weighted by Gasteiger charge is 2.31. The summed E-state index contributed by atoms with van der Waals surface area (Å²) < 4.78 is 0. The first kappa shape index (κ1) is 19.5. The fourth-order valence-electron chi connectivity index (χ4n) is 3.82. The molecule has 0 radical (unpaired) electrons. The highest BCUT2D eigenvalue weighted by Crippen LogP contribution is 2.36. The van der Waals surface area contributed by atoms with Gasteiger partial charge in [0.05, 0.1) is 5.56 Å². The van der Waals surface area contributed by atoms with Gasteiger partial charge in [0.15, 0.2) is 5.16 Å². The molecule has 5 nitrogen and oxygen atoms in total. The highest BCUT2D eigenvalue weighted by atomic mass is 32.2. The molecule has 1 aliphatic heterocycles. The van der Waals surface area contributed by atoms with Crippen LogP contribution in [-0.2, 0) is 10.5 Å². The van der Waals surface area contributed by atoms with Crippen LogP contribution < -0.4 is 10.9 Å². The van der Waals surface area contributed by atoms with E-state index >= 15 is 0 Å². The molecule has 0 fully saturated rings. The van der Waals surface area contributed by atoms with Gasteiger partial charge in [-0.2, -0.15) is 0 Å². The van der Waals surface area contributed by atoms with Crippen molar-refractivity contribution in [3.63, 3.8) is 0 Å². The molecule has 1 aromatic heterocycles. The number of amides is 1. The number of nitrogens with zero attached hydrogens (tertiary/aromatic N) is 1. The van der Waals surface area contributed by atoms with Crippen LogP contribution in [0.15, 0.2) is 52.4 Å². The summed E-state index contributed by atoms with van der Waals surface area (Å²) in [5, 5.41) is 3.31. The van der Waals surface area contributed by atoms with Crippen molar-refractivity contribution < 1.29 is 4.79 Å². The van der Waals surface area contributed by atoms with Crippen LogP contribution in [0.3, 0.4) is 0 Å². The quantitative estimate of drug-likeness (QED) is 0.496. The van der Waals surface area contributed by atoms with Gasteiger partial charge >= 0.3 is 0 Å². The predicted molar refractivity (Wildman–Crippen MR) is 117 cm³/mol. The number of carbonyl (C=O) groups is 1. The van der Waals surface area contributed by atoms with E-state index in [0.717, 1.165) is 16.7 Å². The maximum absolute atomic E-state index is 13.0. The van der Waals surface area contributed by atoms with Gasteiger partial charge in [-0.3, -0.25) is 9.59 Å². The minimum absolute atomic E-state index is 0.115. The number of thioether (sulfide) groups is 1. The number of hydrogen-bond donors (Lipinski definition) is 2. The Morgan fingerprint density at radius 3 is 2.62 bits per heavy atom. The van der Waals surface area contributed by atoms with Gasteiger partial charge in [-0.15, -0.1) is 0 Å². The minimum Gasteiger partial charge on any atom is -0.310 e. The van der Waals surface area contributed by atoms with Crippen LogP contribution in [0.25, 0.3) is 0 Å². The second kappa shape index (κ2) is 7.87.